The second-order valence-corrected chi connectivity index (χ2v) is 6.44. The van der Waals surface area contributed by atoms with Crippen LogP contribution in [0.4, 0.5) is 0 Å². The van der Waals surface area contributed by atoms with E-state index >= 15 is 0 Å². The zero-order valence-corrected chi connectivity index (χ0v) is 13.0. The van der Waals surface area contributed by atoms with Crippen molar-refractivity contribution in [3.63, 3.8) is 0 Å². The number of piperidine rings is 1. The van der Waals surface area contributed by atoms with E-state index in [4.69, 9.17) is 5.73 Å². The molecule has 2 aliphatic rings. The van der Waals surface area contributed by atoms with Crippen LogP contribution in [0, 0.1) is 5.92 Å². The summed E-state index contributed by atoms with van der Waals surface area (Å²) >= 11 is 0. The summed E-state index contributed by atoms with van der Waals surface area (Å²) in [5, 5.41) is 2.94. The van der Waals surface area contributed by atoms with E-state index in [0.717, 1.165) is 32.5 Å². The number of hydrogen-bond donors (Lipinski definition) is 2. The average molecular weight is 282 g/mol. The number of carbonyl (C=O) groups excluding carboxylic acids is 1. The van der Waals surface area contributed by atoms with Crippen LogP contribution < -0.4 is 11.1 Å². The third kappa shape index (κ3) is 3.93. The van der Waals surface area contributed by atoms with Crippen LogP contribution in [-0.2, 0) is 4.79 Å². The van der Waals surface area contributed by atoms with Crippen LogP contribution in [0.2, 0.25) is 0 Å². The summed E-state index contributed by atoms with van der Waals surface area (Å²) in [7, 11) is 0. The Hall–Kier alpha value is -0.650. The van der Waals surface area contributed by atoms with Crippen molar-refractivity contribution in [1.82, 2.24) is 15.1 Å². The molecular weight excluding hydrogens is 252 g/mol. The van der Waals surface area contributed by atoms with Gasteiger partial charge in [0.15, 0.2) is 0 Å². The highest BCUT2D eigenvalue weighted by Crippen LogP contribution is 2.24. The van der Waals surface area contributed by atoms with Crippen molar-refractivity contribution in [3.8, 4) is 0 Å². The number of hydrogen-bond acceptors (Lipinski definition) is 4. The van der Waals surface area contributed by atoms with Crippen molar-refractivity contribution in [1.29, 1.82) is 0 Å². The van der Waals surface area contributed by atoms with E-state index in [1.165, 1.54) is 13.0 Å². The van der Waals surface area contributed by atoms with Crippen LogP contribution in [0.1, 0.15) is 33.1 Å². The van der Waals surface area contributed by atoms with Gasteiger partial charge in [0.2, 0.25) is 5.91 Å². The molecule has 3 N–H and O–H groups in total. The molecule has 2 saturated heterocycles. The lowest BCUT2D eigenvalue weighted by Gasteiger charge is -2.36. The summed E-state index contributed by atoms with van der Waals surface area (Å²) in [6, 6.07) is 1.27. The molecule has 5 nitrogen and oxygen atoms in total. The fourth-order valence-electron chi connectivity index (χ4n) is 3.43. The van der Waals surface area contributed by atoms with Crippen LogP contribution in [0.5, 0.6) is 0 Å². The predicted molar refractivity (Wildman–Crippen MR) is 81.5 cm³/mol. The Morgan fingerprint density at radius 3 is 2.75 bits per heavy atom. The molecule has 0 aromatic carbocycles. The van der Waals surface area contributed by atoms with Crippen LogP contribution >= 0.6 is 0 Å². The third-order valence-electron chi connectivity index (χ3n) is 4.71. The molecule has 2 aliphatic heterocycles. The third-order valence-corrected chi connectivity index (χ3v) is 4.71. The highest BCUT2D eigenvalue weighted by atomic mass is 16.1. The molecular formula is C15H30N4O. The van der Waals surface area contributed by atoms with E-state index < -0.39 is 0 Å². The van der Waals surface area contributed by atoms with E-state index in [1.807, 2.05) is 0 Å². The minimum atomic E-state index is 0.156. The number of nitrogens with zero attached hydrogens (tertiary/aromatic N) is 2. The van der Waals surface area contributed by atoms with Gasteiger partial charge >= 0.3 is 0 Å². The van der Waals surface area contributed by atoms with Gasteiger partial charge in [-0.3, -0.25) is 14.6 Å². The van der Waals surface area contributed by atoms with Crippen molar-refractivity contribution < 1.29 is 4.79 Å². The predicted octanol–water partition coefficient (Wildman–Crippen LogP) is 0.256. The quantitative estimate of drug-likeness (QED) is 0.759. The first-order valence-corrected chi connectivity index (χ1v) is 8.07. The van der Waals surface area contributed by atoms with Gasteiger partial charge in [0, 0.05) is 44.8 Å². The lowest BCUT2D eigenvalue weighted by molar-refractivity contribution is -0.126. The normalized spacial score (nSPS) is 29.0. The zero-order chi connectivity index (χ0) is 14.5. The van der Waals surface area contributed by atoms with Crippen LogP contribution in [0.15, 0.2) is 0 Å². The van der Waals surface area contributed by atoms with Gasteiger partial charge in [-0.2, -0.15) is 0 Å². The topological polar surface area (TPSA) is 61.6 Å². The lowest BCUT2D eigenvalue weighted by atomic mass is 9.95. The molecule has 2 unspecified atom stereocenters. The van der Waals surface area contributed by atoms with Crippen molar-refractivity contribution in [2.45, 2.75) is 45.2 Å². The molecule has 0 saturated carbocycles. The summed E-state index contributed by atoms with van der Waals surface area (Å²) in [5.41, 5.74) is 5.45. The van der Waals surface area contributed by atoms with E-state index in [2.05, 4.69) is 29.0 Å². The molecule has 2 rings (SSSR count). The second-order valence-electron chi connectivity index (χ2n) is 6.44. The molecule has 2 atom stereocenters. The molecule has 0 radical (unpaired) electrons. The van der Waals surface area contributed by atoms with Gasteiger partial charge in [0.05, 0.1) is 5.92 Å². The maximum absolute atomic E-state index is 12.1. The minimum Gasteiger partial charge on any atom is -0.355 e. The molecule has 0 aliphatic carbocycles. The molecule has 0 spiro atoms. The van der Waals surface area contributed by atoms with Gasteiger partial charge in [0.25, 0.3) is 0 Å². The monoisotopic (exact) mass is 282 g/mol. The highest BCUT2D eigenvalue weighted by molar-refractivity contribution is 5.78. The van der Waals surface area contributed by atoms with Crippen LogP contribution in [0.25, 0.3) is 0 Å². The Morgan fingerprint density at radius 1 is 1.30 bits per heavy atom. The van der Waals surface area contributed by atoms with Crippen molar-refractivity contribution >= 4 is 5.91 Å². The number of nitrogens with one attached hydrogen (secondary N) is 1. The minimum absolute atomic E-state index is 0.156. The number of nitrogens with two attached hydrogens (primary N) is 1. The molecule has 2 fully saturated rings. The Bertz CT molecular complexity index is 321. The SMILES string of the molecule is CC(C)N1CCC(N2CCCC(C(=O)NCCN)C2)C1. The molecule has 5 heteroatoms. The second kappa shape index (κ2) is 7.38. The largest absolute Gasteiger partial charge is 0.355 e. The highest BCUT2D eigenvalue weighted by Gasteiger charge is 2.33. The van der Waals surface area contributed by atoms with E-state index in [9.17, 15) is 4.79 Å². The lowest BCUT2D eigenvalue weighted by Crippen LogP contribution is -2.48. The maximum Gasteiger partial charge on any atom is 0.224 e. The Morgan fingerprint density at radius 2 is 2.10 bits per heavy atom. The Kier molecular flexibility index (Phi) is 5.81. The smallest absolute Gasteiger partial charge is 0.224 e. The maximum atomic E-state index is 12.1. The van der Waals surface area contributed by atoms with Gasteiger partial charge in [-0.15, -0.1) is 0 Å². The summed E-state index contributed by atoms with van der Waals surface area (Å²) < 4.78 is 0. The van der Waals surface area contributed by atoms with E-state index in [0.29, 0.717) is 25.2 Å². The molecule has 20 heavy (non-hydrogen) atoms. The zero-order valence-electron chi connectivity index (χ0n) is 13.0. The summed E-state index contributed by atoms with van der Waals surface area (Å²) in [4.78, 5) is 17.2. The Balaban J connectivity index is 1.83. The van der Waals surface area contributed by atoms with Crippen LogP contribution in [0.3, 0.4) is 0 Å². The van der Waals surface area contributed by atoms with Gasteiger partial charge < -0.3 is 11.1 Å². The fraction of sp³-hybridized carbons (Fsp3) is 0.933. The first kappa shape index (κ1) is 15.7. The number of rotatable bonds is 5. The number of carbonyl (C=O) groups is 1. The Labute approximate surface area is 122 Å². The van der Waals surface area contributed by atoms with Gasteiger partial charge in [0.1, 0.15) is 0 Å². The van der Waals surface area contributed by atoms with Gasteiger partial charge in [-0.25, -0.2) is 0 Å². The molecule has 2 heterocycles. The standard InChI is InChI=1S/C15H30N4O/c1-12(2)18-9-5-14(11-18)19-8-3-4-13(10-19)15(20)17-7-6-16/h12-14H,3-11,16H2,1-2H3,(H,17,20). The number of amides is 1. The molecule has 0 bridgehead atoms. The first-order valence-electron chi connectivity index (χ1n) is 8.07. The van der Waals surface area contributed by atoms with Crippen molar-refractivity contribution in [3.05, 3.63) is 0 Å². The average Bonchev–Trinajstić information content (AvgIpc) is 2.95. The van der Waals surface area contributed by atoms with Gasteiger partial charge in [-0.05, 0) is 39.7 Å². The molecule has 0 aromatic rings. The van der Waals surface area contributed by atoms with Crippen molar-refractivity contribution in [2.24, 2.45) is 11.7 Å². The summed E-state index contributed by atoms with van der Waals surface area (Å²) in [6.07, 6.45) is 3.40. The van der Waals surface area contributed by atoms with E-state index in [1.54, 1.807) is 0 Å². The first-order chi connectivity index (χ1) is 9.61. The summed E-state index contributed by atoms with van der Waals surface area (Å²) in [5.74, 6) is 0.349. The van der Waals surface area contributed by atoms with Gasteiger partial charge in [-0.1, -0.05) is 0 Å². The fourth-order valence-corrected chi connectivity index (χ4v) is 3.43. The van der Waals surface area contributed by atoms with Crippen LogP contribution in [-0.4, -0.2) is 67.1 Å². The molecule has 1 amide bonds. The molecule has 0 aromatic heterocycles. The van der Waals surface area contributed by atoms with Crippen molar-refractivity contribution in [2.75, 3.05) is 39.3 Å². The summed E-state index contributed by atoms with van der Waals surface area (Å²) in [6.45, 7) is 10.1. The number of likely N-dealkylation sites (tertiary alicyclic amines) is 2. The molecule has 116 valence electrons. The van der Waals surface area contributed by atoms with E-state index in [-0.39, 0.29) is 11.8 Å².